The number of hydrogen-bond acceptors (Lipinski definition) is 6. The fraction of sp³-hybridized carbons (Fsp3) is 0.700. The highest BCUT2D eigenvalue weighted by Gasteiger charge is 2.15. The van der Waals surface area contributed by atoms with E-state index in [1.165, 1.54) is 35.9 Å². The Labute approximate surface area is 109 Å². The van der Waals surface area contributed by atoms with Crippen molar-refractivity contribution < 1.29 is 0 Å². The van der Waals surface area contributed by atoms with Crippen LogP contribution in [-0.2, 0) is 0 Å². The van der Waals surface area contributed by atoms with Crippen LogP contribution in [0.1, 0.15) is 12.8 Å². The van der Waals surface area contributed by atoms with Gasteiger partial charge in [-0.3, -0.25) is 0 Å². The van der Waals surface area contributed by atoms with Crippen LogP contribution in [0.25, 0.3) is 0 Å². The van der Waals surface area contributed by atoms with Crippen molar-refractivity contribution in [2.45, 2.75) is 17.7 Å². The van der Waals surface area contributed by atoms with Gasteiger partial charge < -0.3 is 11.1 Å². The lowest BCUT2D eigenvalue weighted by atomic mass is 10.0. The van der Waals surface area contributed by atoms with Crippen molar-refractivity contribution in [1.82, 2.24) is 4.37 Å². The van der Waals surface area contributed by atoms with Crippen molar-refractivity contribution in [2.24, 2.45) is 5.92 Å². The van der Waals surface area contributed by atoms with E-state index in [2.05, 4.69) is 21.5 Å². The lowest BCUT2D eigenvalue weighted by Gasteiger charge is -2.21. The highest BCUT2D eigenvalue weighted by molar-refractivity contribution is 7.99. The molecule has 90 valence electrons. The van der Waals surface area contributed by atoms with Crippen LogP contribution in [0.4, 0.5) is 10.8 Å². The molecule has 0 bridgehead atoms. The molecule has 1 aliphatic rings. The minimum atomic E-state index is 0.666. The molecular formula is C10H17N3S3. The molecule has 0 aromatic carbocycles. The molecule has 0 saturated carbocycles. The zero-order valence-corrected chi connectivity index (χ0v) is 11.8. The molecule has 16 heavy (non-hydrogen) atoms. The SMILES string of the molecule is CSc1c(N)nsc1NCC1CCSCC1. The molecule has 1 aromatic heterocycles. The molecule has 0 spiro atoms. The molecule has 0 aliphatic carbocycles. The quantitative estimate of drug-likeness (QED) is 0.827. The van der Waals surface area contributed by atoms with Gasteiger partial charge in [-0.2, -0.15) is 16.1 Å². The maximum absolute atomic E-state index is 5.80. The first-order valence-corrected chi connectivity index (χ1v) is 8.57. The summed E-state index contributed by atoms with van der Waals surface area (Å²) in [5.74, 6) is 4.11. The zero-order valence-electron chi connectivity index (χ0n) is 9.36. The molecule has 2 heterocycles. The number of aromatic nitrogens is 1. The van der Waals surface area contributed by atoms with Crippen LogP contribution in [0, 0.1) is 5.92 Å². The van der Waals surface area contributed by atoms with E-state index in [0.29, 0.717) is 5.82 Å². The predicted octanol–water partition coefficient (Wildman–Crippen LogP) is 3.00. The van der Waals surface area contributed by atoms with Gasteiger partial charge in [0.1, 0.15) is 5.00 Å². The average Bonchev–Trinajstić information content (AvgIpc) is 2.68. The highest BCUT2D eigenvalue weighted by atomic mass is 32.2. The summed E-state index contributed by atoms with van der Waals surface area (Å²) >= 11 is 5.22. The molecule has 3 nitrogen and oxygen atoms in total. The number of nitrogens with one attached hydrogen (secondary N) is 1. The summed E-state index contributed by atoms with van der Waals surface area (Å²) in [5.41, 5.74) is 5.80. The summed E-state index contributed by atoms with van der Waals surface area (Å²) in [5, 5.41) is 4.64. The van der Waals surface area contributed by atoms with Crippen molar-refractivity contribution >= 4 is 45.9 Å². The van der Waals surface area contributed by atoms with Crippen LogP contribution < -0.4 is 11.1 Å². The predicted molar refractivity (Wildman–Crippen MR) is 76.8 cm³/mol. The Kier molecular flexibility index (Phi) is 4.66. The Balaban J connectivity index is 1.88. The van der Waals surface area contributed by atoms with E-state index in [1.807, 2.05) is 6.26 Å². The normalized spacial score (nSPS) is 17.6. The maximum atomic E-state index is 5.80. The third-order valence-corrected chi connectivity index (χ3v) is 5.59. The van der Waals surface area contributed by atoms with E-state index in [9.17, 15) is 0 Å². The Morgan fingerprint density at radius 3 is 2.94 bits per heavy atom. The number of nitrogens with two attached hydrogens (primary N) is 1. The Hall–Kier alpha value is -0.0700. The number of hydrogen-bond donors (Lipinski definition) is 2. The molecule has 1 aromatic rings. The molecule has 2 rings (SSSR count). The lowest BCUT2D eigenvalue weighted by Crippen LogP contribution is -2.18. The van der Waals surface area contributed by atoms with Crippen LogP contribution in [-0.4, -0.2) is 28.7 Å². The molecule has 0 atom stereocenters. The average molecular weight is 275 g/mol. The monoisotopic (exact) mass is 275 g/mol. The Morgan fingerprint density at radius 1 is 1.50 bits per heavy atom. The third-order valence-electron chi connectivity index (χ3n) is 2.77. The topological polar surface area (TPSA) is 50.9 Å². The van der Waals surface area contributed by atoms with E-state index in [1.54, 1.807) is 11.8 Å². The van der Waals surface area contributed by atoms with Gasteiger partial charge in [0.2, 0.25) is 0 Å². The van der Waals surface area contributed by atoms with Crippen molar-refractivity contribution in [3.63, 3.8) is 0 Å². The van der Waals surface area contributed by atoms with Gasteiger partial charge in [0, 0.05) is 6.54 Å². The largest absolute Gasteiger partial charge is 0.382 e. The number of nitrogens with zero attached hydrogens (tertiary/aromatic N) is 1. The van der Waals surface area contributed by atoms with E-state index in [4.69, 9.17) is 5.73 Å². The van der Waals surface area contributed by atoms with E-state index < -0.39 is 0 Å². The fourth-order valence-corrected chi connectivity index (χ4v) is 4.54. The van der Waals surface area contributed by atoms with Gasteiger partial charge in [0.05, 0.1) is 4.90 Å². The van der Waals surface area contributed by atoms with Crippen LogP contribution >= 0.6 is 35.1 Å². The number of anilines is 2. The summed E-state index contributed by atoms with van der Waals surface area (Å²) in [6, 6.07) is 0. The van der Waals surface area contributed by atoms with Crippen LogP contribution in [0.3, 0.4) is 0 Å². The second kappa shape index (κ2) is 6.02. The van der Waals surface area contributed by atoms with Crippen LogP contribution in [0.15, 0.2) is 4.90 Å². The van der Waals surface area contributed by atoms with Crippen LogP contribution in [0.5, 0.6) is 0 Å². The molecule has 0 radical (unpaired) electrons. The zero-order chi connectivity index (χ0) is 11.4. The number of nitrogen functional groups attached to an aromatic ring is 1. The molecule has 1 fully saturated rings. The Morgan fingerprint density at radius 2 is 2.25 bits per heavy atom. The minimum Gasteiger partial charge on any atom is -0.382 e. The maximum Gasteiger partial charge on any atom is 0.153 e. The van der Waals surface area contributed by atoms with E-state index >= 15 is 0 Å². The lowest BCUT2D eigenvalue weighted by molar-refractivity contribution is 0.516. The van der Waals surface area contributed by atoms with Crippen LogP contribution in [0.2, 0.25) is 0 Å². The second-order valence-electron chi connectivity index (χ2n) is 3.87. The Bertz CT molecular complexity index is 334. The number of thioether (sulfide) groups is 2. The molecule has 0 amide bonds. The molecule has 6 heteroatoms. The summed E-state index contributed by atoms with van der Waals surface area (Å²) in [7, 11) is 0. The third kappa shape index (κ3) is 2.99. The second-order valence-corrected chi connectivity index (χ2v) is 6.68. The molecule has 0 unspecified atom stereocenters. The van der Waals surface area contributed by atoms with E-state index in [0.717, 1.165) is 22.4 Å². The summed E-state index contributed by atoms with van der Waals surface area (Å²) in [6.07, 6.45) is 4.71. The van der Waals surface area contributed by atoms with Gasteiger partial charge >= 0.3 is 0 Å². The molecular weight excluding hydrogens is 258 g/mol. The summed E-state index contributed by atoms with van der Waals surface area (Å²) in [4.78, 5) is 1.11. The minimum absolute atomic E-state index is 0.666. The summed E-state index contributed by atoms with van der Waals surface area (Å²) < 4.78 is 4.18. The first-order chi connectivity index (χ1) is 7.81. The van der Waals surface area contributed by atoms with Crippen molar-refractivity contribution in [1.29, 1.82) is 0 Å². The standard InChI is InChI=1S/C10H17N3S3/c1-14-8-9(11)13-16-10(8)12-6-7-2-4-15-5-3-7/h7,12H,2-6H2,1H3,(H2,11,13). The molecule has 1 saturated heterocycles. The van der Waals surface area contributed by atoms with Gasteiger partial charge in [0.15, 0.2) is 5.82 Å². The van der Waals surface area contributed by atoms with Gasteiger partial charge in [-0.15, -0.1) is 11.8 Å². The molecule has 1 aliphatic heterocycles. The van der Waals surface area contributed by atoms with Crippen molar-refractivity contribution in [3.8, 4) is 0 Å². The smallest absolute Gasteiger partial charge is 0.153 e. The van der Waals surface area contributed by atoms with Crippen molar-refractivity contribution in [3.05, 3.63) is 0 Å². The first-order valence-electron chi connectivity index (χ1n) is 5.42. The fourth-order valence-electron chi connectivity index (χ4n) is 1.79. The van der Waals surface area contributed by atoms with Gasteiger partial charge in [0.25, 0.3) is 0 Å². The van der Waals surface area contributed by atoms with Gasteiger partial charge in [-0.05, 0) is 48.1 Å². The number of rotatable bonds is 4. The molecule has 3 N–H and O–H groups in total. The van der Waals surface area contributed by atoms with Gasteiger partial charge in [-0.25, -0.2) is 0 Å². The summed E-state index contributed by atoms with van der Waals surface area (Å²) in [6.45, 7) is 1.07. The van der Waals surface area contributed by atoms with E-state index in [-0.39, 0.29) is 0 Å². The highest BCUT2D eigenvalue weighted by Crippen LogP contribution is 2.35. The van der Waals surface area contributed by atoms with Gasteiger partial charge in [-0.1, -0.05) is 0 Å². The van der Waals surface area contributed by atoms with Crippen molar-refractivity contribution in [2.75, 3.05) is 35.4 Å². The first kappa shape index (κ1) is 12.4.